The molecule has 6 heteroatoms. The van der Waals surface area contributed by atoms with Gasteiger partial charge >= 0.3 is 0 Å². The molecule has 0 bridgehead atoms. The highest BCUT2D eigenvalue weighted by Crippen LogP contribution is 2.23. The number of carbonyl (C=O) groups excluding carboxylic acids is 1. The first-order valence-electron chi connectivity index (χ1n) is 8.56. The molecular weight excluding hydrogens is 338 g/mol. The lowest BCUT2D eigenvalue weighted by Gasteiger charge is -2.20. The number of amides is 1. The van der Waals surface area contributed by atoms with Crippen molar-refractivity contribution in [1.82, 2.24) is 25.5 Å². The highest BCUT2D eigenvalue weighted by atomic mass is 16.1. The molecule has 27 heavy (non-hydrogen) atoms. The molecule has 0 saturated carbocycles. The number of nitrogens with zero attached hydrogens (tertiary/aromatic N) is 4. The Bertz CT molecular complexity index is 977. The topological polar surface area (TPSA) is 72.7 Å². The molecular formula is C21H17N5O. The van der Waals surface area contributed by atoms with Crippen LogP contribution in [0.25, 0.3) is 5.69 Å². The summed E-state index contributed by atoms with van der Waals surface area (Å²) in [6.45, 7) is 0. The quantitative estimate of drug-likeness (QED) is 0.597. The van der Waals surface area contributed by atoms with E-state index in [1.807, 2.05) is 78.9 Å². The molecule has 6 nitrogen and oxygen atoms in total. The summed E-state index contributed by atoms with van der Waals surface area (Å²) in [5.74, 6) is -0.196. The fourth-order valence-electron chi connectivity index (χ4n) is 3.00. The van der Waals surface area contributed by atoms with Crippen molar-refractivity contribution in [2.75, 3.05) is 0 Å². The Morgan fingerprint density at radius 1 is 0.815 bits per heavy atom. The number of hydrogen-bond donors (Lipinski definition) is 1. The molecule has 0 radical (unpaired) electrons. The normalized spacial score (nSPS) is 10.7. The number of rotatable bonds is 5. The van der Waals surface area contributed by atoms with Crippen LogP contribution in [0.15, 0.2) is 91.3 Å². The van der Waals surface area contributed by atoms with Gasteiger partial charge in [0.15, 0.2) is 0 Å². The first-order chi connectivity index (χ1) is 13.3. The zero-order valence-electron chi connectivity index (χ0n) is 14.4. The summed E-state index contributed by atoms with van der Waals surface area (Å²) in [7, 11) is 0. The monoisotopic (exact) mass is 355 g/mol. The van der Waals surface area contributed by atoms with Gasteiger partial charge in [0, 0.05) is 0 Å². The van der Waals surface area contributed by atoms with Crippen molar-refractivity contribution >= 4 is 5.91 Å². The van der Waals surface area contributed by atoms with E-state index in [9.17, 15) is 4.79 Å². The molecule has 0 atom stereocenters. The Labute approximate surface area is 156 Å². The van der Waals surface area contributed by atoms with Crippen molar-refractivity contribution < 1.29 is 4.79 Å². The highest BCUT2D eigenvalue weighted by Gasteiger charge is 2.20. The second-order valence-corrected chi connectivity index (χ2v) is 6.00. The van der Waals surface area contributed by atoms with E-state index in [0.717, 1.165) is 11.1 Å². The van der Waals surface area contributed by atoms with Crippen LogP contribution in [0, 0.1) is 0 Å². The Morgan fingerprint density at radius 2 is 1.41 bits per heavy atom. The third-order valence-corrected chi connectivity index (χ3v) is 4.29. The van der Waals surface area contributed by atoms with E-state index in [1.54, 1.807) is 6.07 Å². The van der Waals surface area contributed by atoms with Gasteiger partial charge in [-0.05, 0) is 33.7 Å². The van der Waals surface area contributed by atoms with Gasteiger partial charge in [0.2, 0.25) is 0 Å². The number of benzene rings is 3. The summed E-state index contributed by atoms with van der Waals surface area (Å²) >= 11 is 0. The molecule has 0 fully saturated rings. The SMILES string of the molecule is O=C(NC(c1ccccc1)c1ccccc1)c1ccccc1-n1cnnn1. The molecule has 1 N–H and O–H groups in total. The van der Waals surface area contributed by atoms with Gasteiger partial charge in [0.1, 0.15) is 6.33 Å². The van der Waals surface area contributed by atoms with E-state index in [1.165, 1.54) is 11.0 Å². The van der Waals surface area contributed by atoms with Gasteiger partial charge in [-0.25, -0.2) is 0 Å². The lowest BCUT2D eigenvalue weighted by molar-refractivity contribution is 0.0943. The Balaban J connectivity index is 1.70. The average Bonchev–Trinajstić information content (AvgIpc) is 3.28. The van der Waals surface area contributed by atoms with Crippen LogP contribution in [-0.4, -0.2) is 26.1 Å². The average molecular weight is 355 g/mol. The Hall–Kier alpha value is -3.80. The van der Waals surface area contributed by atoms with E-state index in [0.29, 0.717) is 11.3 Å². The van der Waals surface area contributed by atoms with Crippen molar-refractivity contribution in [3.63, 3.8) is 0 Å². The predicted octanol–water partition coefficient (Wildman–Crippen LogP) is 3.18. The second kappa shape index (κ2) is 7.61. The molecule has 0 unspecified atom stereocenters. The minimum atomic E-state index is -0.262. The molecule has 1 aromatic heterocycles. The lowest BCUT2D eigenvalue weighted by Crippen LogP contribution is -2.30. The summed E-state index contributed by atoms with van der Waals surface area (Å²) in [6, 6.07) is 26.8. The first-order valence-corrected chi connectivity index (χ1v) is 8.56. The van der Waals surface area contributed by atoms with Gasteiger partial charge in [0.05, 0.1) is 17.3 Å². The second-order valence-electron chi connectivity index (χ2n) is 6.00. The predicted molar refractivity (Wildman–Crippen MR) is 101 cm³/mol. The molecule has 0 aliphatic rings. The molecule has 0 spiro atoms. The first kappa shape index (κ1) is 16.7. The van der Waals surface area contributed by atoms with Crippen LogP contribution in [0.1, 0.15) is 27.5 Å². The van der Waals surface area contributed by atoms with Gasteiger partial charge in [-0.3, -0.25) is 4.79 Å². The van der Waals surface area contributed by atoms with Crippen molar-refractivity contribution in [3.8, 4) is 5.69 Å². The molecule has 4 aromatic rings. The number of carbonyl (C=O) groups is 1. The Morgan fingerprint density at radius 3 is 2.00 bits per heavy atom. The van der Waals surface area contributed by atoms with E-state index < -0.39 is 0 Å². The van der Waals surface area contributed by atoms with Crippen LogP contribution in [0.3, 0.4) is 0 Å². The largest absolute Gasteiger partial charge is 0.341 e. The van der Waals surface area contributed by atoms with Crippen molar-refractivity contribution in [3.05, 3.63) is 108 Å². The Kier molecular flexibility index (Phi) is 4.70. The van der Waals surface area contributed by atoms with Crippen LogP contribution in [0.5, 0.6) is 0 Å². The lowest BCUT2D eigenvalue weighted by atomic mass is 9.98. The van der Waals surface area contributed by atoms with Crippen LogP contribution in [-0.2, 0) is 0 Å². The molecule has 0 saturated heterocycles. The number of hydrogen-bond acceptors (Lipinski definition) is 4. The molecule has 1 heterocycles. The smallest absolute Gasteiger partial charge is 0.254 e. The summed E-state index contributed by atoms with van der Waals surface area (Å²) in [5.41, 5.74) is 3.15. The molecule has 4 rings (SSSR count). The van der Waals surface area contributed by atoms with Crippen LogP contribution >= 0.6 is 0 Å². The summed E-state index contributed by atoms with van der Waals surface area (Å²) in [6.07, 6.45) is 1.47. The third-order valence-electron chi connectivity index (χ3n) is 4.29. The number of tetrazole rings is 1. The van der Waals surface area contributed by atoms with Crippen molar-refractivity contribution in [2.45, 2.75) is 6.04 Å². The number of nitrogens with one attached hydrogen (secondary N) is 1. The van der Waals surface area contributed by atoms with Crippen LogP contribution in [0.2, 0.25) is 0 Å². The zero-order chi connectivity index (χ0) is 18.5. The summed E-state index contributed by atoms with van der Waals surface area (Å²) < 4.78 is 1.48. The fourth-order valence-corrected chi connectivity index (χ4v) is 3.00. The maximum Gasteiger partial charge on any atom is 0.254 e. The number of para-hydroxylation sites is 1. The van der Waals surface area contributed by atoms with Crippen molar-refractivity contribution in [2.24, 2.45) is 0 Å². The van der Waals surface area contributed by atoms with E-state index in [2.05, 4.69) is 20.8 Å². The molecule has 0 aliphatic heterocycles. The minimum absolute atomic E-state index is 0.196. The maximum atomic E-state index is 13.1. The van der Waals surface area contributed by atoms with E-state index in [-0.39, 0.29) is 11.9 Å². The van der Waals surface area contributed by atoms with E-state index >= 15 is 0 Å². The van der Waals surface area contributed by atoms with Gasteiger partial charge < -0.3 is 5.32 Å². The fraction of sp³-hybridized carbons (Fsp3) is 0.0476. The van der Waals surface area contributed by atoms with Crippen molar-refractivity contribution in [1.29, 1.82) is 0 Å². The minimum Gasteiger partial charge on any atom is -0.341 e. The number of aromatic nitrogens is 4. The molecule has 0 aliphatic carbocycles. The summed E-state index contributed by atoms with van der Waals surface area (Å²) in [5, 5.41) is 14.4. The highest BCUT2D eigenvalue weighted by molar-refractivity contribution is 5.98. The molecule has 132 valence electrons. The van der Waals surface area contributed by atoms with E-state index in [4.69, 9.17) is 0 Å². The third kappa shape index (κ3) is 3.59. The molecule has 1 amide bonds. The van der Waals surface area contributed by atoms with Crippen LogP contribution < -0.4 is 5.32 Å². The van der Waals surface area contributed by atoms with Crippen LogP contribution in [0.4, 0.5) is 0 Å². The maximum absolute atomic E-state index is 13.1. The van der Waals surface area contributed by atoms with Gasteiger partial charge in [0.25, 0.3) is 5.91 Å². The molecule has 3 aromatic carbocycles. The van der Waals surface area contributed by atoms with Gasteiger partial charge in [-0.1, -0.05) is 72.8 Å². The van der Waals surface area contributed by atoms with Gasteiger partial charge in [-0.2, -0.15) is 4.68 Å². The summed E-state index contributed by atoms with van der Waals surface area (Å²) in [4.78, 5) is 13.1. The zero-order valence-corrected chi connectivity index (χ0v) is 14.4. The van der Waals surface area contributed by atoms with Gasteiger partial charge in [-0.15, -0.1) is 5.10 Å². The standard InChI is InChI=1S/C21H17N5O/c27-21(18-13-7-8-14-19(18)26-15-22-24-25-26)23-20(16-9-3-1-4-10-16)17-11-5-2-6-12-17/h1-15,20H,(H,23,27).